The highest BCUT2D eigenvalue weighted by atomic mass is 35.5. The largest absolute Gasteiger partial charge is 0.381 e. The van der Waals surface area contributed by atoms with Gasteiger partial charge in [0.05, 0.1) is 10.7 Å². The van der Waals surface area contributed by atoms with Gasteiger partial charge in [0.1, 0.15) is 0 Å². The lowest BCUT2D eigenvalue weighted by Gasteiger charge is -2.32. The van der Waals surface area contributed by atoms with Crippen LogP contribution in [0.25, 0.3) is 0 Å². The van der Waals surface area contributed by atoms with Crippen molar-refractivity contribution in [3.05, 3.63) is 23.5 Å². The molecule has 2 atom stereocenters. The molecule has 1 saturated carbocycles. The predicted molar refractivity (Wildman–Crippen MR) is 68.8 cm³/mol. The normalized spacial score (nSPS) is 30.1. The Labute approximate surface area is 102 Å². The summed E-state index contributed by atoms with van der Waals surface area (Å²) in [4.78, 5) is 4.00. The molecule has 0 radical (unpaired) electrons. The second kappa shape index (κ2) is 5.05. The van der Waals surface area contributed by atoms with E-state index in [-0.39, 0.29) is 0 Å². The maximum atomic E-state index is 6.09. The van der Waals surface area contributed by atoms with Crippen molar-refractivity contribution in [2.45, 2.75) is 39.2 Å². The second-order valence-corrected chi connectivity index (χ2v) is 5.52. The molecule has 0 saturated heterocycles. The fraction of sp³-hybridized carbons (Fsp3) is 0.615. The van der Waals surface area contributed by atoms with Crippen LogP contribution in [0.15, 0.2) is 18.5 Å². The lowest BCUT2D eigenvalue weighted by molar-refractivity contribution is 0.281. The van der Waals surface area contributed by atoms with Gasteiger partial charge in [0, 0.05) is 18.4 Å². The van der Waals surface area contributed by atoms with Gasteiger partial charge in [0.25, 0.3) is 0 Å². The third kappa shape index (κ3) is 2.88. The molecule has 1 N–H and O–H groups in total. The molecule has 0 spiro atoms. The minimum absolute atomic E-state index is 0.554. The average molecular weight is 239 g/mol. The number of hydrogen-bond acceptors (Lipinski definition) is 2. The summed E-state index contributed by atoms with van der Waals surface area (Å²) in [6.07, 6.45) is 7.30. The molecule has 3 heteroatoms. The summed E-state index contributed by atoms with van der Waals surface area (Å²) in [5.41, 5.74) is 1.02. The van der Waals surface area contributed by atoms with Crippen LogP contribution in [-0.2, 0) is 0 Å². The van der Waals surface area contributed by atoms with Crippen molar-refractivity contribution in [3.8, 4) is 0 Å². The Morgan fingerprint density at radius 1 is 1.25 bits per heavy atom. The van der Waals surface area contributed by atoms with Crippen LogP contribution in [0.3, 0.4) is 0 Å². The zero-order valence-electron chi connectivity index (χ0n) is 9.91. The van der Waals surface area contributed by atoms with Crippen LogP contribution < -0.4 is 5.32 Å². The van der Waals surface area contributed by atoms with Crippen molar-refractivity contribution >= 4 is 17.3 Å². The first-order valence-electron chi connectivity index (χ1n) is 6.01. The minimum Gasteiger partial charge on any atom is -0.381 e. The molecule has 0 bridgehead atoms. The SMILES string of the molecule is CC1CC(C)CC(Nc2ccncc2Cl)C1. The van der Waals surface area contributed by atoms with Crippen molar-refractivity contribution in [3.63, 3.8) is 0 Å². The molecular weight excluding hydrogens is 220 g/mol. The van der Waals surface area contributed by atoms with Crippen LogP contribution in [0.2, 0.25) is 5.02 Å². The monoisotopic (exact) mass is 238 g/mol. The Balaban J connectivity index is 2.02. The standard InChI is InChI=1S/C13H19ClN2/c1-9-5-10(2)7-11(6-9)16-13-3-4-15-8-12(13)14/h3-4,8-11H,5-7H2,1-2H3,(H,15,16). The van der Waals surface area contributed by atoms with E-state index in [9.17, 15) is 0 Å². The lowest BCUT2D eigenvalue weighted by Crippen LogP contribution is -2.30. The van der Waals surface area contributed by atoms with Gasteiger partial charge in [0.2, 0.25) is 0 Å². The van der Waals surface area contributed by atoms with Gasteiger partial charge in [-0.25, -0.2) is 0 Å². The quantitative estimate of drug-likeness (QED) is 0.843. The lowest BCUT2D eigenvalue weighted by atomic mass is 9.80. The molecule has 0 amide bonds. The van der Waals surface area contributed by atoms with Crippen LogP contribution >= 0.6 is 11.6 Å². The van der Waals surface area contributed by atoms with Crippen molar-refractivity contribution in [2.24, 2.45) is 11.8 Å². The predicted octanol–water partition coefficient (Wildman–Crippen LogP) is 3.97. The molecule has 1 fully saturated rings. The van der Waals surface area contributed by atoms with Gasteiger partial charge in [-0.05, 0) is 37.2 Å². The molecule has 2 nitrogen and oxygen atoms in total. The number of hydrogen-bond donors (Lipinski definition) is 1. The summed E-state index contributed by atoms with van der Waals surface area (Å²) < 4.78 is 0. The molecule has 2 rings (SSSR count). The van der Waals surface area contributed by atoms with Crippen LogP contribution in [0.1, 0.15) is 33.1 Å². The molecule has 16 heavy (non-hydrogen) atoms. The zero-order chi connectivity index (χ0) is 11.5. The first-order valence-corrected chi connectivity index (χ1v) is 6.39. The highest BCUT2D eigenvalue weighted by Gasteiger charge is 2.23. The Bertz CT molecular complexity index is 344. The molecule has 0 aliphatic heterocycles. The van der Waals surface area contributed by atoms with Crippen LogP contribution in [0.4, 0.5) is 5.69 Å². The maximum Gasteiger partial charge on any atom is 0.0820 e. The summed E-state index contributed by atoms with van der Waals surface area (Å²) in [5, 5.41) is 4.25. The van der Waals surface area contributed by atoms with E-state index in [1.165, 1.54) is 19.3 Å². The van der Waals surface area contributed by atoms with Gasteiger partial charge >= 0.3 is 0 Å². The molecule has 1 aromatic heterocycles. The van der Waals surface area contributed by atoms with E-state index in [4.69, 9.17) is 11.6 Å². The first kappa shape index (κ1) is 11.7. The van der Waals surface area contributed by atoms with E-state index in [2.05, 4.69) is 24.1 Å². The van der Waals surface area contributed by atoms with Gasteiger partial charge < -0.3 is 5.32 Å². The Morgan fingerprint density at radius 3 is 2.56 bits per heavy atom. The Hall–Kier alpha value is -0.760. The minimum atomic E-state index is 0.554. The Morgan fingerprint density at radius 2 is 1.94 bits per heavy atom. The van der Waals surface area contributed by atoms with Crippen LogP contribution in [-0.4, -0.2) is 11.0 Å². The molecule has 1 aliphatic carbocycles. The van der Waals surface area contributed by atoms with E-state index in [1.54, 1.807) is 12.4 Å². The summed E-state index contributed by atoms with van der Waals surface area (Å²) in [6.45, 7) is 4.66. The third-order valence-electron chi connectivity index (χ3n) is 3.31. The fourth-order valence-electron chi connectivity index (χ4n) is 2.78. The maximum absolute atomic E-state index is 6.09. The summed E-state index contributed by atoms with van der Waals surface area (Å²) >= 11 is 6.09. The second-order valence-electron chi connectivity index (χ2n) is 5.11. The molecule has 88 valence electrons. The molecule has 1 aromatic rings. The molecular formula is C13H19ClN2. The molecule has 1 aliphatic rings. The number of pyridine rings is 1. The van der Waals surface area contributed by atoms with E-state index < -0.39 is 0 Å². The summed E-state index contributed by atoms with van der Waals surface area (Å²) in [7, 11) is 0. The van der Waals surface area contributed by atoms with Crippen molar-refractivity contribution < 1.29 is 0 Å². The van der Waals surface area contributed by atoms with E-state index >= 15 is 0 Å². The number of rotatable bonds is 2. The van der Waals surface area contributed by atoms with Crippen molar-refractivity contribution in [1.29, 1.82) is 0 Å². The number of anilines is 1. The van der Waals surface area contributed by atoms with Gasteiger partial charge in [-0.2, -0.15) is 0 Å². The number of nitrogens with zero attached hydrogens (tertiary/aromatic N) is 1. The molecule has 2 unspecified atom stereocenters. The van der Waals surface area contributed by atoms with Crippen molar-refractivity contribution in [2.75, 3.05) is 5.32 Å². The highest BCUT2D eigenvalue weighted by Crippen LogP contribution is 2.31. The van der Waals surface area contributed by atoms with E-state index in [1.807, 2.05) is 6.07 Å². The number of halogens is 1. The van der Waals surface area contributed by atoms with Crippen LogP contribution in [0.5, 0.6) is 0 Å². The van der Waals surface area contributed by atoms with E-state index in [0.29, 0.717) is 11.1 Å². The average Bonchev–Trinajstić information content (AvgIpc) is 2.20. The third-order valence-corrected chi connectivity index (χ3v) is 3.61. The van der Waals surface area contributed by atoms with Gasteiger partial charge in [-0.3, -0.25) is 4.98 Å². The topological polar surface area (TPSA) is 24.9 Å². The van der Waals surface area contributed by atoms with Gasteiger partial charge in [0.15, 0.2) is 0 Å². The van der Waals surface area contributed by atoms with Crippen LogP contribution in [0, 0.1) is 11.8 Å². The summed E-state index contributed by atoms with van der Waals surface area (Å²) in [5.74, 6) is 1.61. The summed E-state index contributed by atoms with van der Waals surface area (Å²) in [6, 6.07) is 2.50. The highest BCUT2D eigenvalue weighted by molar-refractivity contribution is 6.33. The smallest absolute Gasteiger partial charge is 0.0820 e. The number of aromatic nitrogens is 1. The fourth-order valence-corrected chi connectivity index (χ4v) is 2.95. The zero-order valence-corrected chi connectivity index (χ0v) is 10.7. The van der Waals surface area contributed by atoms with E-state index in [0.717, 1.165) is 17.5 Å². The van der Waals surface area contributed by atoms with Gasteiger partial charge in [-0.15, -0.1) is 0 Å². The number of nitrogens with one attached hydrogen (secondary N) is 1. The first-order chi connectivity index (χ1) is 7.65. The molecule has 0 aromatic carbocycles. The van der Waals surface area contributed by atoms with Crippen molar-refractivity contribution in [1.82, 2.24) is 4.98 Å². The van der Waals surface area contributed by atoms with Gasteiger partial charge in [-0.1, -0.05) is 25.4 Å². The molecule has 1 heterocycles. The Kier molecular flexibility index (Phi) is 3.70.